The third-order valence-electron chi connectivity index (χ3n) is 2.40. The summed E-state index contributed by atoms with van der Waals surface area (Å²) in [6.45, 7) is 3.09. The second-order valence-corrected chi connectivity index (χ2v) is 3.39. The van der Waals surface area contributed by atoms with Gasteiger partial charge in [-0.25, -0.2) is 8.78 Å². The highest BCUT2D eigenvalue weighted by Gasteiger charge is 2.20. The van der Waals surface area contributed by atoms with Gasteiger partial charge >= 0.3 is 0 Å². The van der Waals surface area contributed by atoms with Crippen LogP contribution in [0.25, 0.3) is 0 Å². The monoisotopic (exact) mass is 223 g/mol. The Kier molecular flexibility index (Phi) is 3.73. The van der Waals surface area contributed by atoms with Gasteiger partial charge in [-0.3, -0.25) is 4.79 Å². The van der Waals surface area contributed by atoms with Crippen LogP contribution < -0.4 is 0 Å². The summed E-state index contributed by atoms with van der Waals surface area (Å²) in [6, 6.07) is 4.40. The van der Waals surface area contributed by atoms with Gasteiger partial charge in [-0.1, -0.05) is 19.1 Å². The number of rotatable bonds is 3. The lowest BCUT2D eigenvalue weighted by atomic mass is 9.93. The molecule has 0 aliphatic rings. The van der Waals surface area contributed by atoms with Crippen molar-refractivity contribution in [2.45, 2.75) is 26.7 Å². The van der Waals surface area contributed by atoms with Crippen LogP contribution in [0.4, 0.5) is 8.78 Å². The summed E-state index contributed by atoms with van der Waals surface area (Å²) in [6.07, 6.45) is -2.20. The number of benzene rings is 1. The van der Waals surface area contributed by atoms with E-state index in [9.17, 15) is 13.6 Å². The largest absolute Gasteiger partial charge is 0.294 e. The summed E-state index contributed by atoms with van der Waals surface area (Å²) in [7, 11) is 0. The smallest absolute Gasteiger partial charge is 0.265 e. The maximum atomic E-state index is 12.6. The minimum Gasteiger partial charge on any atom is -0.294 e. The molecule has 0 saturated heterocycles. The number of carbonyl (C=O) groups is 1. The third kappa shape index (κ3) is 2.08. The number of nitriles is 1. The molecule has 0 fully saturated rings. The van der Waals surface area contributed by atoms with E-state index in [0.717, 1.165) is 0 Å². The van der Waals surface area contributed by atoms with Crippen LogP contribution in [0.15, 0.2) is 12.1 Å². The molecule has 0 aliphatic carbocycles. The molecule has 84 valence electrons. The molecule has 0 unspecified atom stereocenters. The van der Waals surface area contributed by atoms with Crippen molar-refractivity contribution >= 4 is 5.78 Å². The van der Waals surface area contributed by atoms with Crippen LogP contribution in [-0.4, -0.2) is 5.78 Å². The van der Waals surface area contributed by atoms with Crippen LogP contribution in [0.1, 0.15) is 47.3 Å². The van der Waals surface area contributed by atoms with E-state index in [-0.39, 0.29) is 22.5 Å². The maximum absolute atomic E-state index is 12.6. The molecule has 0 amide bonds. The Morgan fingerprint density at radius 1 is 1.50 bits per heavy atom. The van der Waals surface area contributed by atoms with Crippen molar-refractivity contribution in [1.82, 2.24) is 0 Å². The summed E-state index contributed by atoms with van der Waals surface area (Å²) < 4.78 is 25.3. The summed E-state index contributed by atoms with van der Waals surface area (Å²) in [4.78, 5) is 11.4. The van der Waals surface area contributed by atoms with E-state index < -0.39 is 6.43 Å². The molecule has 0 aromatic heterocycles. The zero-order chi connectivity index (χ0) is 12.3. The van der Waals surface area contributed by atoms with Crippen molar-refractivity contribution in [3.8, 4) is 6.07 Å². The molecule has 0 heterocycles. The second-order valence-electron chi connectivity index (χ2n) is 3.39. The van der Waals surface area contributed by atoms with Gasteiger partial charge in [0.25, 0.3) is 6.43 Å². The average molecular weight is 223 g/mol. The lowest BCUT2D eigenvalue weighted by Crippen LogP contribution is -2.06. The fourth-order valence-corrected chi connectivity index (χ4v) is 1.66. The first-order valence-electron chi connectivity index (χ1n) is 4.87. The van der Waals surface area contributed by atoms with Gasteiger partial charge in [0.15, 0.2) is 5.78 Å². The minimum atomic E-state index is -2.74. The van der Waals surface area contributed by atoms with Crippen molar-refractivity contribution in [1.29, 1.82) is 5.26 Å². The number of alkyl halides is 2. The molecule has 1 aromatic rings. The van der Waals surface area contributed by atoms with E-state index in [1.165, 1.54) is 19.1 Å². The first-order valence-corrected chi connectivity index (χ1v) is 4.87. The topological polar surface area (TPSA) is 40.9 Å². The lowest BCUT2D eigenvalue weighted by Gasteiger charge is -2.10. The Bertz CT molecular complexity index is 461. The van der Waals surface area contributed by atoms with Crippen LogP contribution in [0.3, 0.4) is 0 Å². The van der Waals surface area contributed by atoms with E-state index in [4.69, 9.17) is 5.26 Å². The van der Waals surface area contributed by atoms with Gasteiger partial charge in [0, 0.05) is 11.1 Å². The van der Waals surface area contributed by atoms with E-state index in [1.54, 1.807) is 6.07 Å². The van der Waals surface area contributed by atoms with Crippen LogP contribution in [0.5, 0.6) is 0 Å². The number of carbonyl (C=O) groups excluding carboxylic acids is 1. The SMILES string of the molecule is CCc1ccc(C(F)F)c(C#N)c1C(C)=O. The van der Waals surface area contributed by atoms with Crippen molar-refractivity contribution in [3.63, 3.8) is 0 Å². The molecule has 0 saturated carbocycles. The van der Waals surface area contributed by atoms with Gasteiger partial charge in [0.1, 0.15) is 6.07 Å². The minimum absolute atomic E-state index is 0.128. The maximum Gasteiger partial charge on any atom is 0.265 e. The van der Waals surface area contributed by atoms with Gasteiger partial charge in [-0.15, -0.1) is 0 Å². The highest BCUT2D eigenvalue weighted by molar-refractivity contribution is 5.98. The normalized spacial score (nSPS) is 10.2. The van der Waals surface area contributed by atoms with Gasteiger partial charge in [-0.2, -0.15) is 5.26 Å². The molecule has 0 aliphatic heterocycles. The van der Waals surface area contributed by atoms with Crippen LogP contribution in [0, 0.1) is 11.3 Å². The van der Waals surface area contributed by atoms with E-state index >= 15 is 0 Å². The fraction of sp³-hybridized carbons (Fsp3) is 0.333. The first kappa shape index (κ1) is 12.3. The predicted molar refractivity (Wildman–Crippen MR) is 55.5 cm³/mol. The standard InChI is InChI=1S/C12H11F2NO/c1-3-8-4-5-9(12(13)14)10(6-15)11(8)7(2)16/h4-5,12H,3H2,1-2H3. The molecule has 1 aromatic carbocycles. The molecule has 4 heteroatoms. The van der Waals surface area contributed by atoms with Crippen LogP contribution in [-0.2, 0) is 6.42 Å². The Labute approximate surface area is 92.5 Å². The van der Waals surface area contributed by atoms with Gasteiger partial charge in [-0.05, 0) is 18.9 Å². The predicted octanol–water partition coefficient (Wildman–Crippen LogP) is 3.26. The van der Waals surface area contributed by atoms with E-state index in [1.807, 2.05) is 6.92 Å². The Morgan fingerprint density at radius 3 is 2.50 bits per heavy atom. The second kappa shape index (κ2) is 4.84. The van der Waals surface area contributed by atoms with Gasteiger partial charge in [0.2, 0.25) is 0 Å². The zero-order valence-electron chi connectivity index (χ0n) is 9.05. The van der Waals surface area contributed by atoms with Gasteiger partial charge < -0.3 is 0 Å². The molecule has 0 spiro atoms. The average Bonchev–Trinajstić information content (AvgIpc) is 2.26. The molecule has 2 nitrogen and oxygen atoms in total. The van der Waals surface area contributed by atoms with Crippen molar-refractivity contribution < 1.29 is 13.6 Å². The first-order chi connectivity index (χ1) is 7.52. The molecule has 1 rings (SSSR count). The van der Waals surface area contributed by atoms with Crippen molar-refractivity contribution in [2.75, 3.05) is 0 Å². The Balaban J connectivity index is 3.58. The van der Waals surface area contributed by atoms with Crippen molar-refractivity contribution in [2.24, 2.45) is 0 Å². The summed E-state index contributed by atoms with van der Waals surface area (Å²) in [5.41, 5.74) is 0.197. The van der Waals surface area contributed by atoms with E-state index in [0.29, 0.717) is 12.0 Å². The fourth-order valence-electron chi connectivity index (χ4n) is 1.66. The summed E-state index contributed by atoms with van der Waals surface area (Å²) in [5.74, 6) is -0.351. The molecular formula is C12H11F2NO. The third-order valence-corrected chi connectivity index (χ3v) is 2.40. The molecule has 0 bridgehead atoms. The molecule has 0 atom stereocenters. The Morgan fingerprint density at radius 2 is 2.12 bits per heavy atom. The van der Waals surface area contributed by atoms with Crippen LogP contribution >= 0.6 is 0 Å². The zero-order valence-corrected chi connectivity index (χ0v) is 9.05. The van der Waals surface area contributed by atoms with E-state index in [2.05, 4.69) is 0 Å². The number of aryl methyl sites for hydroxylation is 1. The van der Waals surface area contributed by atoms with Crippen molar-refractivity contribution in [3.05, 3.63) is 34.4 Å². The number of hydrogen-bond acceptors (Lipinski definition) is 2. The molecule has 0 N–H and O–H groups in total. The lowest BCUT2D eigenvalue weighted by molar-refractivity contribution is 0.101. The quantitative estimate of drug-likeness (QED) is 0.738. The Hall–Kier alpha value is -1.76. The number of Topliss-reactive ketones (excluding diaryl/α,β-unsaturated/α-hetero) is 1. The molecular weight excluding hydrogens is 212 g/mol. The van der Waals surface area contributed by atoms with Gasteiger partial charge in [0.05, 0.1) is 5.56 Å². The summed E-state index contributed by atoms with van der Waals surface area (Å²) >= 11 is 0. The number of halogens is 2. The number of ketones is 1. The highest BCUT2D eigenvalue weighted by Crippen LogP contribution is 2.27. The molecule has 16 heavy (non-hydrogen) atoms. The number of nitrogens with zero attached hydrogens (tertiary/aromatic N) is 1. The highest BCUT2D eigenvalue weighted by atomic mass is 19.3. The van der Waals surface area contributed by atoms with Crippen LogP contribution in [0.2, 0.25) is 0 Å². The number of hydrogen-bond donors (Lipinski definition) is 0. The molecule has 0 radical (unpaired) electrons. The summed E-state index contributed by atoms with van der Waals surface area (Å²) in [5, 5.41) is 8.88.